The Morgan fingerprint density at radius 1 is 1.54 bits per heavy atom. The maximum absolute atomic E-state index is 4.48. The summed E-state index contributed by atoms with van der Waals surface area (Å²) in [6.07, 6.45) is 1.04. The number of nitrogens with zero attached hydrogens (tertiary/aromatic N) is 1. The first kappa shape index (κ1) is 10.7. The molecular formula is C10H18N2S. The summed E-state index contributed by atoms with van der Waals surface area (Å²) in [7, 11) is 0. The van der Waals surface area contributed by atoms with E-state index in [9.17, 15) is 0 Å². The molecule has 0 saturated carbocycles. The maximum Gasteiger partial charge on any atom is 0.107 e. The molecule has 1 heterocycles. The average molecular weight is 198 g/mol. The molecule has 0 saturated heterocycles. The molecule has 0 aromatic carbocycles. The Morgan fingerprint density at radius 2 is 2.31 bits per heavy atom. The Labute approximate surface area is 84.4 Å². The Kier molecular flexibility index (Phi) is 4.39. The third-order valence-corrected chi connectivity index (χ3v) is 2.69. The SMILES string of the molecule is CCc1csc(CNCC(C)C)n1. The van der Waals surface area contributed by atoms with Gasteiger partial charge in [-0.2, -0.15) is 0 Å². The van der Waals surface area contributed by atoms with Crippen LogP contribution in [0.1, 0.15) is 31.5 Å². The third-order valence-electron chi connectivity index (χ3n) is 1.79. The molecule has 1 N–H and O–H groups in total. The van der Waals surface area contributed by atoms with Crippen molar-refractivity contribution < 1.29 is 0 Å². The summed E-state index contributed by atoms with van der Waals surface area (Å²) in [6, 6.07) is 0. The summed E-state index contributed by atoms with van der Waals surface area (Å²) < 4.78 is 0. The molecule has 0 aliphatic heterocycles. The first-order chi connectivity index (χ1) is 6.22. The van der Waals surface area contributed by atoms with Gasteiger partial charge in [0.05, 0.1) is 5.69 Å². The number of nitrogens with one attached hydrogen (secondary N) is 1. The van der Waals surface area contributed by atoms with Crippen molar-refractivity contribution in [1.82, 2.24) is 10.3 Å². The van der Waals surface area contributed by atoms with Crippen molar-refractivity contribution in [2.45, 2.75) is 33.7 Å². The molecule has 1 aromatic rings. The first-order valence-corrected chi connectivity index (χ1v) is 5.74. The molecule has 3 heteroatoms. The van der Waals surface area contributed by atoms with Crippen LogP contribution in [0.4, 0.5) is 0 Å². The van der Waals surface area contributed by atoms with Crippen LogP contribution in [0.2, 0.25) is 0 Å². The monoisotopic (exact) mass is 198 g/mol. The number of thiazole rings is 1. The first-order valence-electron chi connectivity index (χ1n) is 4.86. The van der Waals surface area contributed by atoms with Crippen LogP contribution in [-0.2, 0) is 13.0 Å². The van der Waals surface area contributed by atoms with Crippen molar-refractivity contribution in [1.29, 1.82) is 0 Å². The molecule has 0 spiro atoms. The Hall–Kier alpha value is -0.410. The Balaban J connectivity index is 2.28. The van der Waals surface area contributed by atoms with E-state index in [0.717, 1.165) is 19.5 Å². The summed E-state index contributed by atoms with van der Waals surface area (Å²) >= 11 is 1.75. The lowest BCUT2D eigenvalue weighted by Gasteiger charge is -2.04. The van der Waals surface area contributed by atoms with Crippen LogP contribution in [-0.4, -0.2) is 11.5 Å². The largest absolute Gasteiger partial charge is 0.310 e. The van der Waals surface area contributed by atoms with Crippen molar-refractivity contribution in [3.8, 4) is 0 Å². The van der Waals surface area contributed by atoms with Gasteiger partial charge < -0.3 is 5.32 Å². The highest BCUT2D eigenvalue weighted by atomic mass is 32.1. The summed E-state index contributed by atoms with van der Waals surface area (Å²) in [5.41, 5.74) is 1.21. The van der Waals surface area contributed by atoms with Gasteiger partial charge in [-0.25, -0.2) is 4.98 Å². The van der Waals surface area contributed by atoms with Crippen LogP contribution in [0, 0.1) is 5.92 Å². The molecule has 0 atom stereocenters. The van der Waals surface area contributed by atoms with Gasteiger partial charge in [-0.3, -0.25) is 0 Å². The minimum atomic E-state index is 0.714. The maximum atomic E-state index is 4.48. The average Bonchev–Trinajstić information content (AvgIpc) is 2.52. The van der Waals surface area contributed by atoms with Gasteiger partial charge in [-0.05, 0) is 18.9 Å². The van der Waals surface area contributed by atoms with Gasteiger partial charge >= 0.3 is 0 Å². The summed E-state index contributed by atoms with van der Waals surface area (Å²) in [5.74, 6) is 0.714. The van der Waals surface area contributed by atoms with Crippen LogP contribution in [0.3, 0.4) is 0 Å². The molecule has 0 unspecified atom stereocenters. The zero-order valence-electron chi connectivity index (χ0n) is 8.63. The number of hydrogen-bond donors (Lipinski definition) is 1. The number of rotatable bonds is 5. The van der Waals surface area contributed by atoms with Crippen molar-refractivity contribution in [2.75, 3.05) is 6.54 Å². The van der Waals surface area contributed by atoms with Gasteiger partial charge in [0.15, 0.2) is 0 Å². The molecule has 0 aliphatic carbocycles. The predicted molar refractivity (Wildman–Crippen MR) is 58.0 cm³/mol. The van der Waals surface area contributed by atoms with Crippen LogP contribution in [0.15, 0.2) is 5.38 Å². The zero-order valence-corrected chi connectivity index (χ0v) is 9.45. The zero-order chi connectivity index (χ0) is 9.68. The van der Waals surface area contributed by atoms with E-state index in [0.29, 0.717) is 5.92 Å². The lowest BCUT2D eigenvalue weighted by Crippen LogP contribution is -2.18. The summed E-state index contributed by atoms with van der Waals surface area (Å²) in [5, 5.41) is 6.74. The fraction of sp³-hybridized carbons (Fsp3) is 0.700. The molecule has 0 amide bonds. The molecule has 74 valence electrons. The van der Waals surface area contributed by atoms with Crippen molar-refractivity contribution in [3.05, 3.63) is 16.1 Å². The second-order valence-electron chi connectivity index (χ2n) is 3.61. The van der Waals surface area contributed by atoms with E-state index in [-0.39, 0.29) is 0 Å². The number of aryl methyl sites for hydroxylation is 1. The Bertz CT molecular complexity index is 243. The quantitative estimate of drug-likeness (QED) is 0.786. The van der Waals surface area contributed by atoms with Gasteiger partial charge in [-0.15, -0.1) is 11.3 Å². The molecule has 0 radical (unpaired) electrons. The normalized spacial score (nSPS) is 11.1. The van der Waals surface area contributed by atoms with Crippen molar-refractivity contribution >= 4 is 11.3 Å². The highest BCUT2D eigenvalue weighted by Crippen LogP contribution is 2.09. The molecule has 0 fully saturated rings. The lowest BCUT2D eigenvalue weighted by atomic mass is 10.2. The standard InChI is InChI=1S/C10H18N2S/c1-4-9-7-13-10(12-9)6-11-5-8(2)3/h7-8,11H,4-6H2,1-3H3. The summed E-state index contributed by atoms with van der Waals surface area (Å²) in [4.78, 5) is 4.48. The molecule has 0 aliphatic rings. The van der Waals surface area contributed by atoms with Gasteiger partial charge in [0.25, 0.3) is 0 Å². The molecule has 1 rings (SSSR count). The molecule has 1 aromatic heterocycles. The smallest absolute Gasteiger partial charge is 0.107 e. The van der Waals surface area contributed by atoms with Crippen molar-refractivity contribution in [3.63, 3.8) is 0 Å². The second kappa shape index (κ2) is 5.35. The number of hydrogen-bond acceptors (Lipinski definition) is 3. The minimum absolute atomic E-state index is 0.714. The number of aromatic nitrogens is 1. The van der Waals surface area contributed by atoms with Gasteiger partial charge in [0.2, 0.25) is 0 Å². The van der Waals surface area contributed by atoms with Gasteiger partial charge in [0.1, 0.15) is 5.01 Å². The van der Waals surface area contributed by atoms with Crippen LogP contribution >= 0.6 is 11.3 Å². The highest BCUT2D eigenvalue weighted by molar-refractivity contribution is 7.09. The topological polar surface area (TPSA) is 24.9 Å². The fourth-order valence-electron chi connectivity index (χ4n) is 1.06. The predicted octanol–water partition coefficient (Wildman–Crippen LogP) is 2.45. The Morgan fingerprint density at radius 3 is 2.85 bits per heavy atom. The minimum Gasteiger partial charge on any atom is -0.310 e. The molecular weight excluding hydrogens is 180 g/mol. The van der Waals surface area contributed by atoms with E-state index in [2.05, 4.69) is 36.5 Å². The third kappa shape index (κ3) is 3.87. The molecule has 13 heavy (non-hydrogen) atoms. The van der Waals surface area contributed by atoms with Crippen LogP contribution < -0.4 is 5.32 Å². The van der Waals surface area contributed by atoms with Crippen LogP contribution in [0.5, 0.6) is 0 Å². The van der Waals surface area contributed by atoms with E-state index >= 15 is 0 Å². The van der Waals surface area contributed by atoms with E-state index < -0.39 is 0 Å². The van der Waals surface area contributed by atoms with E-state index in [4.69, 9.17) is 0 Å². The summed E-state index contributed by atoms with van der Waals surface area (Å²) in [6.45, 7) is 8.56. The van der Waals surface area contributed by atoms with Gasteiger partial charge in [-0.1, -0.05) is 20.8 Å². The highest BCUT2D eigenvalue weighted by Gasteiger charge is 1.99. The molecule has 2 nitrogen and oxygen atoms in total. The van der Waals surface area contributed by atoms with E-state index in [1.807, 2.05) is 0 Å². The van der Waals surface area contributed by atoms with Gasteiger partial charge in [0, 0.05) is 11.9 Å². The second-order valence-corrected chi connectivity index (χ2v) is 4.55. The molecule has 0 bridgehead atoms. The van der Waals surface area contributed by atoms with Crippen LogP contribution in [0.25, 0.3) is 0 Å². The lowest BCUT2D eigenvalue weighted by molar-refractivity contribution is 0.551. The van der Waals surface area contributed by atoms with E-state index in [1.54, 1.807) is 11.3 Å². The van der Waals surface area contributed by atoms with Crippen molar-refractivity contribution in [2.24, 2.45) is 5.92 Å². The fourth-order valence-corrected chi connectivity index (χ4v) is 1.91. The van der Waals surface area contributed by atoms with E-state index in [1.165, 1.54) is 10.7 Å².